The van der Waals surface area contributed by atoms with E-state index >= 15 is 0 Å². The van der Waals surface area contributed by atoms with Crippen molar-refractivity contribution in [3.63, 3.8) is 0 Å². The Hall–Kier alpha value is -1.90. The van der Waals surface area contributed by atoms with Gasteiger partial charge < -0.3 is 5.73 Å². The Labute approximate surface area is 81.2 Å². The van der Waals surface area contributed by atoms with Gasteiger partial charge in [0.1, 0.15) is 0 Å². The zero-order valence-electron chi connectivity index (χ0n) is 7.44. The van der Waals surface area contributed by atoms with Crippen LogP contribution in [0.25, 0.3) is 11.1 Å². The number of nitrogens with two attached hydrogens (primary N) is 1. The van der Waals surface area contributed by atoms with Crippen LogP contribution < -0.4 is 5.73 Å². The van der Waals surface area contributed by atoms with Crippen molar-refractivity contribution in [2.24, 2.45) is 0 Å². The zero-order valence-corrected chi connectivity index (χ0v) is 7.44. The molecule has 0 unspecified atom stereocenters. The second-order valence-corrected chi connectivity index (χ2v) is 2.97. The molecule has 2 nitrogen and oxygen atoms in total. The molecular formula is C11H9FN2. The molecule has 70 valence electrons. The molecule has 0 amide bonds. The van der Waals surface area contributed by atoms with Crippen LogP contribution in [0.3, 0.4) is 0 Å². The summed E-state index contributed by atoms with van der Waals surface area (Å²) in [4.78, 5) is 3.56. The smallest absolute Gasteiger partial charge is 0.220 e. The first kappa shape index (κ1) is 8.69. The molecule has 0 aliphatic rings. The Morgan fingerprint density at radius 1 is 1.14 bits per heavy atom. The standard InChI is InChI=1S/C11H9FN2/c12-11-10(6-9(13)7-14-11)8-4-2-1-3-5-8/h1-7H,13H2. The van der Waals surface area contributed by atoms with Gasteiger partial charge in [0.15, 0.2) is 0 Å². The van der Waals surface area contributed by atoms with Gasteiger partial charge in [-0.2, -0.15) is 4.39 Å². The van der Waals surface area contributed by atoms with Gasteiger partial charge in [0.05, 0.1) is 11.9 Å². The molecule has 0 atom stereocenters. The van der Waals surface area contributed by atoms with E-state index in [0.717, 1.165) is 5.56 Å². The summed E-state index contributed by atoms with van der Waals surface area (Å²) in [5, 5.41) is 0. The van der Waals surface area contributed by atoms with Crippen molar-refractivity contribution in [1.29, 1.82) is 0 Å². The lowest BCUT2D eigenvalue weighted by molar-refractivity contribution is 0.588. The van der Waals surface area contributed by atoms with Gasteiger partial charge in [-0.25, -0.2) is 4.98 Å². The fourth-order valence-corrected chi connectivity index (χ4v) is 1.28. The third-order valence-corrected chi connectivity index (χ3v) is 1.95. The number of rotatable bonds is 1. The summed E-state index contributed by atoms with van der Waals surface area (Å²) in [6, 6.07) is 10.8. The van der Waals surface area contributed by atoms with E-state index in [1.165, 1.54) is 6.20 Å². The quantitative estimate of drug-likeness (QED) is 0.698. The van der Waals surface area contributed by atoms with Crippen molar-refractivity contribution >= 4 is 5.69 Å². The van der Waals surface area contributed by atoms with Crippen LogP contribution in [0.1, 0.15) is 0 Å². The second kappa shape index (κ2) is 3.46. The molecule has 1 aromatic carbocycles. The van der Waals surface area contributed by atoms with Crippen molar-refractivity contribution in [2.45, 2.75) is 0 Å². The highest BCUT2D eigenvalue weighted by atomic mass is 19.1. The fourth-order valence-electron chi connectivity index (χ4n) is 1.28. The van der Waals surface area contributed by atoms with E-state index in [2.05, 4.69) is 4.98 Å². The zero-order chi connectivity index (χ0) is 9.97. The highest BCUT2D eigenvalue weighted by Crippen LogP contribution is 2.22. The predicted octanol–water partition coefficient (Wildman–Crippen LogP) is 2.47. The van der Waals surface area contributed by atoms with E-state index in [0.29, 0.717) is 11.3 Å². The van der Waals surface area contributed by atoms with Gasteiger partial charge in [-0.3, -0.25) is 0 Å². The molecule has 3 heteroatoms. The topological polar surface area (TPSA) is 38.9 Å². The Bertz CT molecular complexity index is 440. The van der Waals surface area contributed by atoms with E-state index in [1.54, 1.807) is 6.07 Å². The molecule has 0 radical (unpaired) electrons. The minimum atomic E-state index is -0.495. The van der Waals surface area contributed by atoms with Crippen molar-refractivity contribution in [2.75, 3.05) is 5.73 Å². The Morgan fingerprint density at radius 3 is 2.57 bits per heavy atom. The third-order valence-electron chi connectivity index (χ3n) is 1.95. The Morgan fingerprint density at radius 2 is 1.86 bits per heavy atom. The molecule has 2 aromatic rings. The lowest BCUT2D eigenvalue weighted by atomic mass is 10.1. The number of benzene rings is 1. The SMILES string of the molecule is Nc1cnc(F)c(-c2ccccc2)c1. The minimum absolute atomic E-state index is 0.436. The molecule has 1 heterocycles. The number of hydrogen-bond acceptors (Lipinski definition) is 2. The third kappa shape index (κ3) is 1.57. The number of nitrogen functional groups attached to an aromatic ring is 1. The van der Waals surface area contributed by atoms with Crippen LogP contribution >= 0.6 is 0 Å². The normalized spacial score (nSPS) is 10.1. The van der Waals surface area contributed by atoms with Gasteiger partial charge in [-0.1, -0.05) is 30.3 Å². The Kier molecular flexibility index (Phi) is 2.14. The van der Waals surface area contributed by atoms with Crippen LogP contribution in [-0.2, 0) is 0 Å². The van der Waals surface area contributed by atoms with Crippen molar-refractivity contribution in [3.8, 4) is 11.1 Å². The second-order valence-electron chi connectivity index (χ2n) is 2.97. The van der Waals surface area contributed by atoms with E-state index in [-0.39, 0.29) is 0 Å². The summed E-state index contributed by atoms with van der Waals surface area (Å²) in [6.07, 6.45) is 1.31. The number of aromatic nitrogens is 1. The maximum atomic E-state index is 13.3. The summed E-state index contributed by atoms with van der Waals surface area (Å²) >= 11 is 0. The van der Waals surface area contributed by atoms with E-state index < -0.39 is 5.95 Å². The number of nitrogens with zero attached hydrogens (tertiary/aromatic N) is 1. The molecule has 0 saturated carbocycles. The van der Waals surface area contributed by atoms with Crippen LogP contribution in [0.15, 0.2) is 42.6 Å². The van der Waals surface area contributed by atoms with Gasteiger partial charge in [0, 0.05) is 5.56 Å². The molecule has 0 aliphatic heterocycles. The summed E-state index contributed by atoms with van der Waals surface area (Å²) < 4.78 is 13.3. The minimum Gasteiger partial charge on any atom is -0.397 e. The highest BCUT2D eigenvalue weighted by molar-refractivity contribution is 5.66. The summed E-state index contributed by atoms with van der Waals surface area (Å²) in [6.45, 7) is 0. The van der Waals surface area contributed by atoms with E-state index in [4.69, 9.17) is 5.73 Å². The lowest BCUT2D eigenvalue weighted by Gasteiger charge is -2.02. The number of pyridine rings is 1. The van der Waals surface area contributed by atoms with Gasteiger partial charge in [-0.15, -0.1) is 0 Å². The molecule has 0 bridgehead atoms. The maximum absolute atomic E-state index is 13.3. The van der Waals surface area contributed by atoms with Gasteiger partial charge in [0.25, 0.3) is 0 Å². The van der Waals surface area contributed by atoms with Crippen LogP contribution in [0.5, 0.6) is 0 Å². The summed E-state index contributed by atoms with van der Waals surface area (Å²) in [5.74, 6) is -0.495. The maximum Gasteiger partial charge on any atom is 0.220 e. The van der Waals surface area contributed by atoms with E-state index in [1.807, 2.05) is 30.3 Å². The van der Waals surface area contributed by atoms with Gasteiger partial charge in [0.2, 0.25) is 5.95 Å². The molecule has 0 aliphatic carbocycles. The molecule has 2 rings (SSSR count). The van der Waals surface area contributed by atoms with Crippen molar-refractivity contribution in [1.82, 2.24) is 4.98 Å². The first-order chi connectivity index (χ1) is 6.77. The molecule has 0 spiro atoms. The van der Waals surface area contributed by atoms with E-state index in [9.17, 15) is 4.39 Å². The molecule has 0 saturated heterocycles. The van der Waals surface area contributed by atoms with Gasteiger partial charge >= 0.3 is 0 Å². The predicted molar refractivity (Wildman–Crippen MR) is 54.0 cm³/mol. The largest absolute Gasteiger partial charge is 0.397 e. The van der Waals surface area contributed by atoms with Crippen LogP contribution in [0, 0.1) is 5.95 Å². The van der Waals surface area contributed by atoms with Crippen LogP contribution in [-0.4, -0.2) is 4.98 Å². The van der Waals surface area contributed by atoms with Crippen molar-refractivity contribution in [3.05, 3.63) is 48.5 Å². The monoisotopic (exact) mass is 188 g/mol. The number of halogens is 1. The molecule has 0 fully saturated rings. The average molecular weight is 188 g/mol. The Balaban J connectivity index is 2.57. The first-order valence-electron chi connectivity index (χ1n) is 4.24. The van der Waals surface area contributed by atoms with Gasteiger partial charge in [-0.05, 0) is 11.6 Å². The molecular weight excluding hydrogens is 179 g/mol. The fraction of sp³-hybridized carbons (Fsp3) is 0. The lowest BCUT2D eigenvalue weighted by Crippen LogP contribution is -1.92. The summed E-state index contributed by atoms with van der Waals surface area (Å²) in [5.41, 5.74) is 7.22. The van der Waals surface area contributed by atoms with Crippen LogP contribution in [0.4, 0.5) is 10.1 Å². The average Bonchev–Trinajstić information content (AvgIpc) is 2.23. The number of anilines is 1. The highest BCUT2D eigenvalue weighted by Gasteiger charge is 2.05. The molecule has 1 aromatic heterocycles. The van der Waals surface area contributed by atoms with Crippen molar-refractivity contribution < 1.29 is 4.39 Å². The first-order valence-corrected chi connectivity index (χ1v) is 4.24. The summed E-state index contributed by atoms with van der Waals surface area (Å²) in [7, 11) is 0. The van der Waals surface area contributed by atoms with Crippen LogP contribution in [0.2, 0.25) is 0 Å². The number of hydrogen-bond donors (Lipinski definition) is 1. The molecule has 14 heavy (non-hydrogen) atoms. The molecule has 2 N–H and O–H groups in total.